The number of carbonyl (C=O) groups is 1. The van der Waals surface area contributed by atoms with E-state index in [-0.39, 0.29) is 5.78 Å². The number of rotatable bonds is 5. The standard InChI is InChI=1S/C12H16O4/c1-2-10(14)8-4-3-5-9(6-8)12(16)11(15)7-13/h3-6,11-13,15-16H,2,7H2,1H3. The number of hydrogen-bond donors (Lipinski definition) is 3. The maximum Gasteiger partial charge on any atom is 0.162 e. The lowest BCUT2D eigenvalue weighted by Gasteiger charge is -2.16. The van der Waals surface area contributed by atoms with Crippen LogP contribution in [0.15, 0.2) is 24.3 Å². The van der Waals surface area contributed by atoms with Gasteiger partial charge in [0.1, 0.15) is 12.2 Å². The van der Waals surface area contributed by atoms with Gasteiger partial charge in [-0.25, -0.2) is 0 Å². The summed E-state index contributed by atoms with van der Waals surface area (Å²) in [6.07, 6.45) is -2.01. The van der Waals surface area contributed by atoms with Gasteiger partial charge in [0.05, 0.1) is 6.61 Å². The number of benzene rings is 1. The van der Waals surface area contributed by atoms with Gasteiger partial charge in [-0.2, -0.15) is 0 Å². The molecule has 0 fully saturated rings. The molecule has 0 heterocycles. The van der Waals surface area contributed by atoms with Crippen LogP contribution in [0.2, 0.25) is 0 Å². The maximum absolute atomic E-state index is 11.4. The number of ketones is 1. The highest BCUT2D eigenvalue weighted by molar-refractivity contribution is 5.95. The maximum atomic E-state index is 11.4. The Labute approximate surface area is 94.2 Å². The number of aliphatic hydroxyl groups is 3. The van der Waals surface area contributed by atoms with E-state index in [4.69, 9.17) is 5.11 Å². The largest absolute Gasteiger partial charge is 0.394 e. The van der Waals surface area contributed by atoms with Gasteiger partial charge in [-0.3, -0.25) is 4.79 Å². The Morgan fingerprint density at radius 2 is 2.06 bits per heavy atom. The first-order chi connectivity index (χ1) is 7.60. The number of Topliss-reactive ketones (excluding diaryl/α,β-unsaturated/α-hetero) is 1. The average Bonchev–Trinajstić information content (AvgIpc) is 2.36. The Hall–Kier alpha value is -1.23. The Morgan fingerprint density at radius 1 is 1.38 bits per heavy atom. The molecule has 1 aromatic rings. The molecule has 0 amide bonds. The molecular formula is C12H16O4. The quantitative estimate of drug-likeness (QED) is 0.642. The van der Waals surface area contributed by atoms with Crippen LogP contribution < -0.4 is 0 Å². The summed E-state index contributed by atoms with van der Waals surface area (Å²) in [5.41, 5.74) is 0.935. The minimum atomic E-state index is -1.23. The summed E-state index contributed by atoms with van der Waals surface area (Å²) in [4.78, 5) is 11.4. The lowest BCUT2D eigenvalue weighted by atomic mass is 10.00. The highest BCUT2D eigenvalue weighted by Crippen LogP contribution is 2.18. The van der Waals surface area contributed by atoms with Gasteiger partial charge in [-0.05, 0) is 11.6 Å². The predicted octanol–water partition coefficient (Wildman–Crippen LogP) is 0.666. The van der Waals surface area contributed by atoms with Gasteiger partial charge in [-0.1, -0.05) is 25.1 Å². The molecule has 2 unspecified atom stereocenters. The van der Waals surface area contributed by atoms with Crippen LogP contribution in [-0.2, 0) is 0 Å². The van der Waals surface area contributed by atoms with Crippen molar-refractivity contribution in [3.63, 3.8) is 0 Å². The summed E-state index contributed by atoms with van der Waals surface area (Å²) in [6.45, 7) is 1.24. The van der Waals surface area contributed by atoms with E-state index in [1.54, 1.807) is 25.1 Å². The zero-order valence-electron chi connectivity index (χ0n) is 9.13. The van der Waals surface area contributed by atoms with E-state index < -0.39 is 18.8 Å². The zero-order valence-corrected chi connectivity index (χ0v) is 9.13. The molecule has 2 atom stereocenters. The van der Waals surface area contributed by atoms with Gasteiger partial charge in [0.2, 0.25) is 0 Å². The summed E-state index contributed by atoms with van der Waals surface area (Å²) in [6, 6.07) is 6.45. The van der Waals surface area contributed by atoms with Crippen molar-refractivity contribution in [1.82, 2.24) is 0 Å². The van der Waals surface area contributed by atoms with Crippen molar-refractivity contribution in [2.24, 2.45) is 0 Å². The Morgan fingerprint density at radius 3 is 2.62 bits per heavy atom. The van der Waals surface area contributed by atoms with Crippen molar-refractivity contribution < 1.29 is 20.1 Å². The molecule has 4 nitrogen and oxygen atoms in total. The monoisotopic (exact) mass is 224 g/mol. The van der Waals surface area contributed by atoms with E-state index in [1.807, 2.05) is 0 Å². The SMILES string of the molecule is CCC(=O)c1cccc(C(O)C(O)CO)c1. The summed E-state index contributed by atoms with van der Waals surface area (Å²) in [5.74, 6) is -0.0208. The second kappa shape index (κ2) is 5.75. The summed E-state index contributed by atoms with van der Waals surface area (Å²) in [7, 11) is 0. The van der Waals surface area contributed by atoms with Crippen molar-refractivity contribution >= 4 is 5.78 Å². The third-order valence-electron chi connectivity index (χ3n) is 2.42. The molecule has 1 rings (SSSR count). The third-order valence-corrected chi connectivity index (χ3v) is 2.42. The fourth-order valence-corrected chi connectivity index (χ4v) is 1.42. The molecule has 0 aliphatic carbocycles. The van der Waals surface area contributed by atoms with Gasteiger partial charge >= 0.3 is 0 Å². The van der Waals surface area contributed by atoms with Gasteiger partial charge in [0.25, 0.3) is 0 Å². The van der Waals surface area contributed by atoms with E-state index in [9.17, 15) is 15.0 Å². The van der Waals surface area contributed by atoms with Gasteiger partial charge in [0, 0.05) is 12.0 Å². The smallest absolute Gasteiger partial charge is 0.162 e. The Bertz CT molecular complexity index is 362. The fraction of sp³-hybridized carbons (Fsp3) is 0.417. The molecule has 88 valence electrons. The number of hydrogen-bond acceptors (Lipinski definition) is 4. The minimum Gasteiger partial charge on any atom is -0.394 e. The number of carbonyl (C=O) groups excluding carboxylic acids is 1. The van der Waals surface area contributed by atoms with Crippen LogP contribution in [0.4, 0.5) is 0 Å². The van der Waals surface area contributed by atoms with Crippen LogP contribution in [0.3, 0.4) is 0 Å². The van der Waals surface area contributed by atoms with Crippen molar-refractivity contribution in [3.8, 4) is 0 Å². The molecule has 4 heteroatoms. The normalized spacial score (nSPS) is 14.5. The second-order valence-electron chi connectivity index (χ2n) is 3.60. The molecule has 0 bridgehead atoms. The molecule has 3 N–H and O–H groups in total. The molecule has 0 saturated carbocycles. The second-order valence-corrected chi connectivity index (χ2v) is 3.60. The first-order valence-electron chi connectivity index (χ1n) is 5.20. The van der Waals surface area contributed by atoms with E-state index in [0.717, 1.165) is 0 Å². The molecule has 0 aromatic heterocycles. The van der Waals surface area contributed by atoms with Crippen LogP contribution in [0.25, 0.3) is 0 Å². The summed E-state index contributed by atoms with van der Waals surface area (Å²) < 4.78 is 0. The minimum absolute atomic E-state index is 0.0208. The van der Waals surface area contributed by atoms with E-state index in [0.29, 0.717) is 17.5 Å². The van der Waals surface area contributed by atoms with Crippen LogP contribution >= 0.6 is 0 Å². The molecule has 0 radical (unpaired) electrons. The molecule has 0 aliphatic heterocycles. The van der Waals surface area contributed by atoms with E-state index >= 15 is 0 Å². The van der Waals surface area contributed by atoms with Crippen LogP contribution in [0.5, 0.6) is 0 Å². The zero-order chi connectivity index (χ0) is 12.1. The Balaban J connectivity index is 2.94. The lowest BCUT2D eigenvalue weighted by molar-refractivity contribution is -0.0152. The average molecular weight is 224 g/mol. The molecule has 16 heavy (non-hydrogen) atoms. The predicted molar refractivity (Wildman–Crippen MR) is 59.1 cm³/mol. The van der Waals surface area contributed by atoms with Gasteiger partial charge in [-0.15, -0.1) is 0 Å². The first-order valence-corrected chi connectivity index (χ1v) is 5.20. The van der Waals surface area contributed by atoms with Crippen molar-refractivity contribution in [2.45, 2.75) is 25.6 Å². The lowest BCUT2D eigenvalue weighted by Crippen LogP contribution is -2.22. The van der Waals surface area contributed by atoms with Crippen molar-refractivity contribution in [3.05, 3.63) is 35.4 Å². The van der Waals surface area contributed by atoms with E-state index in [1.165, 1.54) is 6.07 Å². The highest BCUT2D eigenvalue weighted by Gasteiger charge is 2.18. The molecule has 1 aromatic carbocycles. The van der Waals surface area contributed by atoms with Crippen molar-refractivity contribution in [2.75, 3.05) is 6.61 Å². The van der Waals surface area contributed by atoms with Crippen molar-refractivity contribution in [1.29, 1.82) is 0 Å². The summed E-state index contributed by atoms with van der Waals surface area (Å²) >= 11 is 0. The van der Waals surface area contributed by atoms with Crippen LogP contribution in [0.1, 0.15) is 35.4 Å². The fourth-order valence-electron chi connectivity index (χ4n) is 1.42. The third kappa shape index (κ3) is 2.88. The van der Waals surface area contributed by atoms with Crippen LogP contribution in [-0.4, -0.2) is 33.8 Å². The highest BCUT2D eigenvalue weighted by atomic mass is 16.4. The number of aliphatic hydroxyl groups excluding tert-OH is 3. The van der Waals surface area contributed by atoms with E-state index in [2.05, 4.69) is 0 Å². The topological polar surface area (TPSA) is 77.8 Å². The first kappa shape index (κ1) is 12.8. The molecule has 0 aliphatic rings. The molecular weight excluding hydrogens is 208 g/mol. The Kier molecular flexibility index (Phi) is 4.61. The van der Waals surface area contributed by atoms with Gasteiger partial charge in [0.15, 0.2) is 5.78 Å². The summed E-state index contributed by atoms with van der Waals surface area (Å²) in [5, 5.41) is 27.6. The molecule has 0 spiro atoms. The molecule has 0 saturated heterocycles. The van der Waals surface area contributed by atoms with Gasteiger partial charge < -0.3 is 15.3 Å². The van der Waals surface area contributed by atoms with Crippen LogP contribution in [0, 0.1) is 0 Å².